The molecule has 6 nitrogen and oxygen atoms in total. The number of nitriles is 1. The van der Waals surface area contributed by atoms with Crippen molar-refractivity contribution in [3.8, 4) is 6.07 Å². The molecule has 120 valence electrons. The lowest BCUT2D eigenvalue weighted by atomic mass is 10.2. The standard InChI is InChI=1S/C17H14N4O2S/c18-12-14-5-7-17(8-6-14)24(22,23)20-16-4-1-3-15(11-16)13-21-10-2-9-19-21/h1-11,20H,13H2. The zero-order valence-corrected chi connectivity index (χ0v) is 13.4. The summed E-state index contributed by atoms with van der Waals surface area (Å²) < 4.78 is 29.1. The number of hydrogen-bond acceptors (Lipinski definition) is 4. The molecule has 2 aromatic carbocycles. The van der Waals surface area contributed by atoms with Crippen LogP contribution in [-0.4, -0.2) is 18.2 Å². The van der Waals surface area contributed by atoms with E-state index in [1.807, 2.05) is 24.4 Å². The van der Waals surface area contributed by atoms with Crippen LogP contribution in [0, 0.1) is 11.3 Å². The maximum Gasteiger partial charge on any atom is 0.261 e. The van der Waals surface area contributed by atoms with Crippen molar-refractivity contribution in [1.29, 1.82) is 5.26 Å². The lowest BCUT2D eigenvalue weighted by Gasteiger charge is -2.10. The third-order valence-corrected chi connectivity index (χ3v) is 4.77. The second-order valence-corrected chi connectivity index (χ2v) is 6.83. The van der Waals surface area contributed by atoms with Gasteiger partial charge in [0.25, 0.3) is 10.0 Å². The Bertz CT molecular complexity index is 972. The molecule has 0 amide bonds. The lowest BCUT2D eigenvalue weighted by molar-refractivity contribution is 0.601. The average molecular weight is 338 g/mol. The maximum absolute atomic E-state index is 12.4. The first-order valence-corrected chi connectivity index (χ1v) is 8.64. The number of nitrogens with one attached hydrogen (secondary N) is 1. The third-order valence-electron chi connectivity index (χ3n) is 3.38. The Balaban J connectivity index is 1.80. The molecular formula is C17H14N4O2S. The molecule has 0 bridgehead atoms. The van der Waals surface area contributed by atoms with Crippen LogP contribution >= 0.6 is 0 Å². The molecule has 1 heterocycles. The Labute approximate surface area is 140 Å². The van der Waals surface area contributed by atoms with Crippen molar-refractivity contribution in [2.24, 2.45) is 0 Å². The van der Waals surface area contributed by atoms with E-state index < -0.39 is 10.0 Å². The number of anilines is 1. The van der Waals surface area contributed by atoms with Gasteiger partial charge < -0.3 is 0 Å². The minimum Gasteiger partial charge on any atom is -0.280 e. The normalized spacial score (nSPS) is 11.0. The van der Waals surface area contributed by atoms with Crippen LogP contribution in [-0.2, 0) is 16.6 Å². The molecule has 3 rings (SSSR count). The highest BCUT2D eigenvalue weighted by molar-refractivity contribution is 7.92. The molecule has 1 N–H and O–H groups in total. The molecule has 0 aliphatic carbocycles. The Morgan fingerprint density at radius 2 is 1.92 bits per heavy atom. The van der Waals surface area contributed by atoms with Crippen molar-refractivity contribution in [2.45, 2.75) is 11.4 Å². The molecule has 24 heavy (non-hydrogen) atoms. The molecule has 7 heteroatoms. The molecule has 3 aromatic rings. The van der Waals surface area contributed by atoms with Gasteiger partial charge in [-0.15, -0.1) is 0 Å². The molecule has 0 unspecified atom stereocenters. The third kappa shape index (κ3) is 3.62. The van der Waals surface area contributed by atoms with Crippen LogP contribution in [0.25, 0.3) is 0 Å². The second-order valence-electron chi connectivity index (χ2n) is 5.15. The quantitative estimate of drug-likeness (QED) is 0.774. The fraction of sp³-hybridized carbons (Fsp3) is 0.0588. The molecule has 0 atom stereocenters. The van der Waals surface area contributed by atoms with Crippen molar-refractivity contribution in [3.05, 3.63) is 78.1 Å². The van der Waals surface area contributed by atoms with Crippen molar-refractivity contribution in [2.75, 3.05) is 4.72 Å². The number of nitrogens with zero attached hydrogens (tertiary/aromatic N) is 3. The van der Waals surface area contributed by atoms with E-state index in [1.165, 1.54) is 24.3 Å². The minimum atomic E-state index is -3.70. The zero-order chi connectivity index (χ0) is 17.0. The Hall–Kier alpha value is -3.11. The summed E-state index contributed by atoms with van der Waals surface area (Å²) in [5, 5.41) is 12.9. The lowest BCUT2D eigenvalue weighted by Crippen LogP contribution is -2.13. The average Bonchev–Trinajstić information content (AvgIpc) is 3.08. The first-order valence-electron chi connectivity index (χ1n) is 7.16. The number of aromatic nitrogens is 2. The van der Waals surface area contributed by atoms with Crippen molar-refractivity contribution in [3.63, 3.8) is 0 Å². The van der Waals surface area contributed by atoms with E-state index in [0.29, 0.717) is 17.8 Å². The van der Waals surface area contributed by atoms with E-state index in [4.69, 9.17) is 5.26 Å². The molecular weight excluding hydrogens is 324 g/mol. The van der Waals surface area contributed by atoms with Gasteiger partial charge in [-0.05, 0) is 48.0 Å². The summed E-state index contributed by atoms with van der Waals surface area (Å²) in [4.78, 5) is 0.110. The Morgan fingerprint density at radius 1 is 1.12 bits per heavy atom. The van der Waals surface area contributed by atoms with Gasteiger partial charge in [-0.25, -0.2) is 8.42 Å². The van der Waals surface area contributed by atoms with Gasteiger partial charge in [0.2, 0.25) is 0 Å². The topological polar surface area (TPSA) is 87.8 Å². The number of sulfonamides is 1. The Morgan fingerprint density at radius 3 is 2.58 bits per heavy atom. The van der Waals surface area contributed by atoms with Gasteiger partial charge >= 0.3 is 0 Å². The van der Waals surface area contributed by atoms with Gasteiger partial charge in [0.1, 0.15) is 0 Å². The van der Waals surface area contributed by atoms with Crippen LogP contribution < -0.4 is 4.72 Å². The van der Waals surface area contributed by atoms with Crippen LogP contribution in [0.3, 0.4) is 0 Å². The summed E-state index contributed by atoms with van der Waals surface area (Å²) in [5.41, 5.74) is 1.82. The first-order chi connectivity index (χ1) is 11.6. The van der Waals surface area contributed by atoms with Crippen LogP contribution in [0.15, 0.2) is 71.9 Å². The molecule has 0 saturated heterocycles. The SMILES string of the molecule is N#Cc1ccc(S(=O)(=O)Nc2cccc(Cn3cccn3)c2)cc1. The summed E-state index contributed by atoms with van der Waals surface area (Å²) in [6, 6.07) is 16.7. The molecule has 0 radical (unpaired) electrons. The van der Waals surface area contributed by atoms with Gasteiger partial charge in [0, 0.05) is 18.1 Å². The molecule has 0 saturated carbocycles. The Kier molecular flexibility index (Phi) is 4.31. The van der Waals surface area contributed by atoms with Crippen LogP contribution in [0.4, 0.5) is 5.69 Å². The summed E-state index contributed by atoms with van der Waals surface area (Å²) in [7, 11) is -3.70. The van der Waals surface area contributed by atoms with Gasteiger partial charge in [-0.2, -0.15) is 10.4 Å². The van der Waals surface area contributed by atoms with Gasteiger partial charge in [-0.3, -0.25) is 9.40 Å². The molecule has 0 spiro atoms. The minimum absolute atomic E-state index is 0.110. The van der Waals surface area contributed by atoms with Crippen LogP contribution in [0.2, 0.25) is 0 Å². The van der Waals surface area contributed by atoms with Crippen LogP contribution in [0.1, 0.15) is 11.1 Å². The van der Waals surface area contributed by atoms with Crippen molar-refractivity contribution in [1.82, 2.24) is 9.78 Å². The van der Waals surface area contributed by atoms with Gasteiger partial charge in [0.05, 0.1) is 23.1 Å². The predicted octanol–water partition coefficient (Wildman–Crippen LogP) is 2.60. The number of benzene rings is 2. The number of hydrogen-bond donors (Lipinski definition) is 1. The van der Waals surface area contributed by atoms with E-state index >= 15 is 0 Å². The van der Waals surface area contributed by atoms with Crippen molar-refractivity contribution >= 4 is 15.7 Å². The predicted molar refractivity (Wildman–Crippen MR) is 89.7 cm³/mol. The van der Waals surface area contributed by atoms with Crippen LogP contribution in [0.5, 0.6) is 0 Å². The number of rotatable bonds is 5. The monoisotopic (exact) mass is 338 g/mol. The van der Waals surface area contributed by atoms with Gasteiger partial charge in [-0.1, -0.05) is 12.1 Å². The first kappa shape index (κ1) is 15.8. The second kappa shape index (κ2) is 6.56. The van der Waals surface area contributed by atoms with E-state index in [-0.39, 0.29) is 4.90 Å². The van der Waals surface area contributed by atoms with Crippen molar-refractivity contribution < 1.29 is 8.42 Å². The fourth-order valence-corrected chi connectivity index (χ4v) is 3.29. The molecule has 0 aliphatic heterocycles. The zero-order valence-electron chi connectivity index (χ0n) is 12.6. The summed E-state index contributed by atoms with van der Waals surface area (Å²) >= 11 is 0. The van der Waals surface area contributed by atoms with Gasteiger partial charge in [0.15, 0.2) is 0 Å². The smallest absolute Gasteiger partial charge is 0.261 e. The molecule has 0 fully saturated rings. The summed E-state index contributed by atoms with van der Waals surface area (Å²) in [6.45, 7) is 0.555. The maximum atomic E-state index is 12.4. The largest absolute Gasteiger partial charge is 0.280 e. The molecule has 0 aliphatic rings. The highest BCUT2D eigenvalue weighted by Crippen LogP contribution is 2.18. The summed E-state index contributed by atoms with van der Waals surface area (Å²) in [5.74, 6) is 0. The fourth-order valence-electron chi connectivity index (χ4n) is 2.24. The van der Waals surface area contributed by atoms with E-state index in [0.717, 1.165) is 5.56 Å². The van der Waals surface area contributed by atoms with E-state index in [1.54, 1.807) is 29.1 Å². The van der Waals surface area contributed by atoms with E-state index in [9.17, 15) is 8.42 Å². The highest BCUT2D eigenvalue weighted by atomic mass is 32.2. The summed E-state index contributed by atoms with van der Waals surface area (Å²) in [6.07, 6.45) is 3.53. The molecule has 1 aromatic heterocycles. The highest BCUT2D eigenvalue weighted by Gasteiger charge is 2.14. The van der Waals surface area contributed by atoms with E-state index in [2.05, 4.69) is 9.82 Å².